The summed E-state index contributed by atoms with van der Waals surface area (Å²) in [6.45, 7) is 0. The van der Waals surface area contributed by atoms with Gasteiger partial charge in [0.1, 0.15) is 0 Å². The monoisotopic (exact) mass is 521 g/mol. The van der Waals surface area contributed by atoms with Gasteiger partial charge in [-0.15, -0.1) is 0 Å². The molecule has 7 rings (SSSR count). The first-order valence-electron chi connectivity index (χ1n) is 13.2. The summed E-state index contributed by atoms with van der Waals surface area (Å²) in [4.78, 5) is 5.51. The van der Waals surface area contributed by atoms with Gasteiger partial charge in [0.15, 0.2) is 0 Å². The largest absolute Gasteiger partial charge is 0.412 e. The van der Waals surface area contributed by atoms with E-state index in [2.05, 4.69) is 42.5 Å². The van der Waals surface area contributed by atoms with Crippen LogP contribution in [0.1, 0.15) is 0 Å². The van der Waals surface area contributed by atoms with Crippen LogP contribution in [-0.4, -0.2) is 56.6 Å². The zero-order valence-electron chi connectivity index (χ0n) is 21.6. The third-order valence-corrected chi connectivity index (χ3v) is 7.78. The van der Waals surface area contributed by atoms with E-state index < -0.39 is 12.8 Å². The summed E-state index contributed by atoms with van der Waals surface area (Å²) in [5.41, 5.74) is 3.65. The molecule has 0 aliphatic heterocycles. The van der Waals surface area contributed by atoms with Gasteiger partial charge in [-0.3, -0.25) is 0 Å². The van der Waals surface area contributed by atoms with Crippen molar-refractivity contribution in [1.29, 1.82) is 0 Å². The Morgan fingerprint density at radius 1 is 0.375 bits per heavy atom. The van der Waals surface area contributed by atoms with Gasteiger partial charge in [0.25, 0.3) is 12.8 Å². The number of aromatic nitrogens is 9. The highest BCUT2D eigenvalue weighted by atomic mass is 15.4. The van der Waals surface area contributed by atoms with Crippen molar-refractivity contribution in [2.24, 2.45) is 0 Å². The van der Waals surface area contributed by atoms with Crippen molar-refractivity contribution in [3.63, 3.8) is 0 Å². The van der Waals surface area contributed by atoms with E-state index in [-0.39, 0.29) is 0 Å². The van der Waals surface area contributed by atoms with Gasteiger partial charge < -0.3 is 23.4 Å². The van der Waals surface area contributed by atoms with Gasteiger partial charge in [0.2, 0.25) is 0 Å². The van der Waals surface area contributed by atoms with E-state index in [9.17, 15) is 0 Å². The normalized spacial score (nSPS) is 12.0. The van der Waals surface area contributed by atoms with Crippen molar-refractivity contribution in [2.75, 3.05) is 0 Å². The molecule has 0 atom stereocenters. The average Bonchev–Trinajstić information content (AvgIpc) is 3.85. The number of pyridine rings is 1. The second kappa shape index (κ2) is 9.70. The van der Waals surface area contributed by atoms with Crippen molar-refractivity contribution < 1.29 is 0 Å². The van der Waals surface area contributed by atoms with Gasteiger partial charge in [-0.05, 0) is 49.1 Å². The Hall–Kier alpha value is -5.44. The number of benzene rings is 2. The van der Waals surface area contributed by atoms with Crippen molar-refractivity contribution >= 4 is 34.9 Å². The summed E-state index contributed by atoms with van der Waals surface area (Å²) in [6, 6.07) is 34.5. The lowest BCUT2D eigenvalue weighted by Gasteiger charge is -2.45. The molecule has 0 N–H and O–H groups in total. The van der Waals surface area contributed by atoms with Crippen LogP contribution in [-0.2, 0) is 0 Å². The highest BCUT2D eigenvalue weighted by molar-refractivity contribution is 7.01. The summed E-state index contributed by atoms with van der Waals surface area (Å²) in [5.74, 6) is 0. The predicted octanol–water partition coefficient (Wildman–Crippen LogP) is 1.17. The molecular formula is C29H25B2N9-2. The lowest BCUT2D eigenvalue weighted by atomic mass is 9.37. The van der Waals surface area contributed by atoms with Gasteiger partial charge in [-0.2, -0.15) is 10.9 Å². The average molecular weight is 521 g/mol. The molecule has 0 aliphatic rings. The van der Waals surface area contributed by atoms with E-state index in [1.807, 2.05) is 104 Å². The first-order valence-corrected chi connectivity index (χ1v) is 13.2. The van der Waals surface area contributed by atoms with Gasteiger partial charge in [0, 0.05) is 24.8 Å². The van der Waals surface area contributed by atoms with Crippen LogP contribution in [0, 0.1) is 0 Å². The Morgan fingerprint density at radius 2 is 0.725 bits per heavy atom. The maximum atomic E-state index is 5.51. The van der Waals surface area contributed by atoms with Crippen LogP contribution in [0.2, 0.25) is 0 Å². The molecule has 9 nitrogen and oxygen atoms in total. The second-order valence-electron chi connectivity index (χ2n) is 9.81. The van der Waals surface area contributed by atoms with Crippen LogP contribution in [0.3, 0.4) is 0 Å². The van der Waals surface area contributed by atoms with Crippen LogP contribution in [0.4, 0.5) is 0 Å². The fourth-order valence-electron chi connectivity index (χ4n) is 6.10. The highest BCUT2D eigenvalue weighted by Crippen LogP contribution is 2.13. The third kappa shape index (κ3) is 3.48. The summed E-state index contributed by atoms with van der Waals surface area (Å²) in [5, 5.41) is 19.0. The Balaban J connectivity index is 1.58. The van der Waals surface area contributed by atoms with E-state index in [0.29, 0.717) is 0 Å². The fourth-order valence-corrected chi connectivity index (χ4v) is 6.10. The maximum Gasteiger partial charge on any atom is 0.295 e. The molecule has 11 heteroatoms. The minimum absolute atomic E-state index is 0.803. The molecule has 40 heavy (non-hydrogen) atoms. The molecule has 0 unspecified atom stereocenters. The molecule has 7 aromatic rings. The molecule has 0 saturated carbocycles. The van der Waals surface area contributed by atoms with Gasteiger partial charge in [-0.25, -0.2) is 20.4 Å². The van der Waals surface area contributed by atoms with Crippen LogP contribution in [0.25, 0.3) is 0 Å². The summed E-state index contributed by atoms with van der Waals surface area (Å²) in [7, 11) is 0. The molecule has 0 amide bonds. The van der Waals surface area contributed by atoms with Crippen LogP contribution in [0.5, 0.6) is 0 Å². The summed E-state index contributed by atoms with van der Waals surface area (Å²) < 4.78 is 7.86. The van der Waals surface area contributed by atoms with E-state index in [4.69, 9.17) is 25.4 Å². The summed E-state index contributed by atoms with van der Waals surface area (Å²) in [6.07, 6.45) is 11.1. The van der Waals surface area contributed by atoms with E-state index >= 15 is 0 Å². The second-order valence-corrected chi connectivity index (χ2v) is 9.81. The highest BCUT2D eigenvalue weighted by Gasteiger charge is 2.40. The third-order valence-electron chi connectivity index (χ3n) is 7.78. The number of hydrogen-bond acceptors (Lipinski definition) is 5. The van der Waals surface area contributed by atoms with Crippen molar-refractivity contribution in [3.05, 3.63) is 153 Å². The van der Waals surface area contributed by atoms with E-state index in [1.165, 1.54) is 0 Å². The van der Waals surface area contributed by atoms with E-state index in [1.54, 1.807) is 24.8 Å². The smallest absolute Gasteiger partial charge is 0.295 e. The van der Waals surface area contributed by atoms with Crippen LogP contribution >= 0.6 is 0 Å². The zero-order valence-corrected chi connectivity index (χ0v) is 21.6. The molecule has 0 bridgehead atoms. The Morgan fingerprint density at radius 3 is 1.02 bits per heavy atom. The molecule has 0 aliphatic carbocycles. The van der Waals surface area contributed by atoms with Crippen molar-refractivity contribution in [3.8, 4) is 0 Å². The zero-order chi connectivity index (χ0) is 26.8. The maximum absolute atomic E-state index is 5.51. The molecule has 5 heterocycles. The van der Waals surface area contributed by atoms with Crippen LogP contribution < -0.4 is 22.1 Å². The standard InChI is InChI=1S/C29H25B2N9/c1-3-12-26(13-4-1)30(37-22-8-18-32-37,38-23-9-19-33-38)28-16-7-17-29(36-28)31(39-24-10-20-34-39,40-25-11-21-35-40)27-14-5-2-6-15-27/h1-25H/q-2. The lowest BCUT2D eigenvalue weighted by Crippen LogP contribution is -2.75. The lowest BCUT2D eigenvalue weighted by molar-refractivity contribution is 0.833. The van der Waals surface area contributed by atoms with Gasteiger partial charge in [0.05, 0.1) is 0 Å². The minimum atomic E-state index is -1.96. The Labute approximate surface area is 231 Å². The number of rotatable bonds is 8. The topological polar surface area (TPSA) is 84.2 Å². The molecular weight excluding hydrogens is 496 g/mol. The minimum Gasteiger partial charge on any atom is -0.412 e. The predicted molar refractivity (Wildman–Crippen MR) is 158 cm³/mol. The summed E-state index contributed by atoms with van der Waals surface area (Å²) >= 11 is 0. The quantitative estimate of drug-likeness (QED) is 0.281. The molecule has 5 aromatic heterocycles. The fraction of sp³-hybridized carbons (Fsp3) is 0. The number of hydrogen-bond donors (Lipinski definition) is 0. The van der Waals surface area contributed by atoms with Gasteiger partial charge >= 0.3 is 0 Å². The molecule has 0 radical (unpaired) electrons. The van der Waals surface area contributed by atoms with Crippen molar-refractivity contribution in [1.82, 2.24) is 43.7 Å². The molecule has 0 saturated heterocycles. The number of nitrogens with zero attached hydrogens (tertiary/aromatic N) is 9. The molecule has 194 valence electrons. The van der Waals surface area contributed by atoms with Crippen LogP contribution in [0.15, 0.2) is 153 Å². The molecule has 0 fully saturated rings. The van der Waals surface area contributed by atoms with Crippen molar-refractivity contribution in [2.45, 2.75) is 0 Å². The Kier molecular flexibility index (Phi) is 5.74. The SMILES string of the molecule is c1ccc([B-](c2cccc([B-](c3ccccc3)(n3cccn3)n3cccn3)n2)(n2cccn2)n2cccn2)cc1. The Bertz CT molecular complexity index is 1580. The van der Waals surface area contributed by atoms with E-state index in [0.717, 1.165) is 22.1 Å². The molecule has 2 aromatic carbocycles. The molecule has 0 spiro atoms. The first-order chi connectivity index (χ1) is 19.8. The van der Waals surface area contributed by atoms with Gasteiger partial charge in [-0.1, -0.05) is 90.0 Å². The first kappa shape index (κ1) is 23.7.